The number of rotatable bonds is 5. The van der Waals surface area contributed by atoms with E-state index in [0.29, 0.717) is 0 Å². The molecule has 0 aromatic carbocycles. The Morgan fingerprint density at radius 2 is 1.92 bits per heavy atom. The summed E-state index contributed by atoms with van der Waals surface area (Å²) in [5.74, 6) is 0.763. The molecule has 0 aromatic heterocycles. The molecule has 0 atom stereocenters. The summed E-state index contributed by atoms with van der Waals surface area (Å²) >= 11 is 0. The van der Waals surface area contributed by atoms with Crippen molar-refractivity contribution in [3.63, 3.8) is 0 Å². The molecule has 0 radical (unpaired) electrons. The van der Waals surface area contributed by atoms with Crippen LogP contribution in [0.4, 0.5) is 0 Å². The molecule has 0 heterocycles. The van der Waals surface area contributed by atoms with E-state index < -0.39 is 0 Å². The minimum atomic E-state index is -0.322. The summed E-state index contributed by atoms with van der Waals surface area (Å²) in [6.07, 6.45) is 2.42. The summed E-state index contributed by atoms with van der Waals surface area (Å²) in [4.78, 5) is 2.12. The highest BCUT2D eigenvalue weighted by molar-refractivity contribution is 5.00. The third-order valence-corrected chi connectivity index (χ3v) is 2.50. The van der Waals surface area contributed by atoms with Crippen LogP contribution in [-0.2, 0) is 0 Å². The SMILES string of the molecule is CC(C)CCCN(C)C(C)(C)C#N. The van der Waals surface area contributed by atoms with Gasteiger partial charge in [0.25, 0.3) is 0 Å². The average molecular weight is 182 g/mol. The van der Waals surface area contributed by atoms with Gasteiger partial charge in [-0.05, 0) is 46.2 Å². The van der Waals surface area contributed by atoms with E-state index in [-0.39, 0.29) is 5.54 Å². The van der Waals surface area contributed by atoms with Crippen LogP contribution >= 0.6 is 0 Å². The molecule has 0 rings (SSSR count). The summed E-state index contributed by atoms with van der Waals surface area (Å²) in [7, 11) is 2.02. The van der Waals surface area contributed by atoms with E-state index in [4.69, 9.17) is 5.26 Å². The van der Waals surface area contributed by atoms with Gasteiger partial charge in [-0.2, -0.15) is 5.26 Å². The van der Waals surface area contributed by atoms with Crippen LogP contribution in [0.3, 0.4) is 0 Å². The second-order valence-electron chi connectivity index (χ2n) is 4.63. The van der Waals surface area contributed by atoms with Crippen molar-refractivity contribution in [2.24, 2.45) is 5.92 Å². The van der Waals surface area contributed by atoms with Crippen molar-refractivity contribution in [1.82, 2.24) is 4.90 Å². The lowest BCUT2D eigenvalue weighted by atomic mass is 10.0. The minimum Gasteiger partial charge on any atom is -0.289 e. The number of nitriles is 1. The molecule has 0 unspecified atom stereocenters. The zero-order valence-electron chi connectivity index (χ0n) is 9.59. The Kier molecular flexibility index (Phi) is 5.02. The Bertz CT molecular complexity index is 177. The van der Waals surface area contributed by atoms with Gasteiger partial charge in [-0.15, -0.1) is 0 Å². The molecule has 0 aliphatic carbocycles. The summed E-state index contributed by atoms with van der Waals surface area (Å²) in [6.45, 7) is 9.40. The average Bonchev–Trinajstić information content (AvgIpc) is 2.03. The van der Waals surface area contributed by atoms with Crippen LogP contribution in [0.2, 0.25) is 0 Å². The zero-order valence-corrected chi connectivity index (χ0v) is 9.59. The van der Waals surface area contributed by atoms with E-state index in [9.17, 15) is 0 Å². The van der Waals surface area contributed by atoms with Crippen LogP contribution in [0.15, 0.2) is 0 Å². The highest BCUT2D eigenvalue weighted by Crippen LogP contribution is 2.12. The molecule has 0 fully saturated rings. The number of nitrogens with zero attached hydrogens (tertiary/aromatic N) is 2. The first-order chi connectivity index (χ1) is 5.90. The molecule has 13 heavy (non-hydrogen) atoms. The molecular formula is C11H22N2. The van der Waals surface area contributed by atoms with Crippen LogP contribution in [0.25, 0.3) is 0 Å². The first kappa shape index (κ1) is 12.4. The summed E-state index contributed by atoms with van der Waals surface area (Å²) < 4.78 is 0. The normalized spacial score (nSPS) is 12.2. The first-order valence-corrected chi connectivity index (χ1v) is 5.02. The van der Waals surface area contributed by atoms with Gasteiger partial charge in [0.15, 0.2) is 0 Å². The lowest BCUT2D eigenvalue weighted by Crippen LogP contribution is -2.40. The smallest absolute Gasteiger partial charge is 0.103 e. The minimum absolute atomic E-state index is 0.322. The van der Waals surface area contributed by atoms with Crippen molar-refractivity contribution in [3.8, 4) is 6.07 Å². The predicted octanol–water partition coefficient (Wildman–Crippen LogP) is 2.66. The molecule has 2 heteroatoms. The van der Waals surface area contributed by atoms with Crippen molar-refractivity contribution in [1.29, 1.82) is 5.26 Å². The molecule has 0 saturated carbocycles. The predicted molar refractivity (Wildman–Crippen MR) is 56.4 cm³/mol. The fourth-order valence-corrected chi connectivity index (χ4v) is 1.10. The van der Waals surface area contributed by atoms with Gasteiger partial charge in [0.2, 0.25) is 0 Å². The van der Waals surface area contributed by atoms with Crippen molar-refractivity contribution in [2.75, 3.05) is 13.6 Å². The van der Waals surface area contributed by atoms with Gasteiger partial charge in [-0.1, -0.05) is 13.8 Å². The van der Waals surface area contributed by atoms with Crippen molar-refractivity contribution >= 4 is 0 Å². The third-order valence-electron chi connectivity index (χ3n) is 2.50. The molecule has 2 nitrogen and oxygen atoms in total. The monoisotopic (exact) mass is 182 g/mol. The van der Waals surface area contributed by atoms with E-state index in [2.05, 4.69) is 24.8 Å². The van der Waals surface area contributed by atoms with Gasteiger partial charge < -0.3 is 0 Å². The Hall–Kier alpha value is -0.550. The van der Waals surface area contributed by atoms with E-state index in [1.165, 1.54) is 12.8 Å². The summed E-state index contributed by atoms with van der Waals surface area (Å²) in [5, 5.41) is 8.88. The summed E-state index contributed by atoms with van der Waals surface area (Å²) in [6, 6.07) is 2.31. The second-order valence-corrected chi connectivity index (χ2v) is 4.63. The molecule has 0 saturated heterocycles. The van der Waals surface area contributed by atoms with E-state index >= 15 is 0 Å². The third kappa shape index (κ3) is 4.90. The first-order valence-electron chi connectivity index (χ1n) is 5.02. The Balaban J connectivity index is 3.76. The number of hydrogen-bond acceptors (Lipinski definition) is 2. The maximum atomic E-state index is 8.88. The van der Waals surface area contributed by atoms with Crippen LogP contribution in [0.1, 0.15) is 40.5 Å². The highest BCUT2D eigenvalue weighted by atomic mass is 15.2. The Morgan fingerprint density at radius 1 is 1.38 bits per heavy atom. The topological polar surface area (TPSA) is 27.0 Å². The molecule has 0 bridgehead atoms. The standard InChI is InChI=1S/C11H22N2/c1-10(2)7-6-8-13(5)11(3,4)9-12/h10H,6-8H2,1-5H3. The molecule has 0 N–H and O–H groups in total. The quantitative estimate of drug-likeness (QED) is 0.653. The largest absolute Gasteiger partial charge is 0.289 e. The van der Waals surface area contributed by atoms with Gasteiger partial charge in [0, 0.05) is 0 Å². The maximum Gasteiger partial charge on any atom is 0.103 e. The molecule has 0 aliphatic heterocycles. The number of hydrogen-bond donors (Lipinski definition) is 0. The van der Waals surface area contributed by atoms with Crippen LogP contribution in [0.5, 0.6) is 0 Å². The molecule has 0 aliphatic rings. The molecular weight excluding hydrogens is 160 g/mol. The molecule has 0 aromatic rings. The van der Waals surface area contributed by atoms with Gasteiger partial charge in [0.1, 0.15) is 5.54 Å². The Labute approximate surface area is 82.5 Å². The Morgan fingerprint density at radius 3 is 2.31 bits per heavy atom. The fourth-order valence-electron chi connectivity index (χ4n) is 1.10. The van der Waals surface area contributed by atoms with Crippen molar-refractivity contribution in [3.05, 3.63) is 0 Å². The molecule has 0 spiro atoms. The van der Waals surface area contributed by atoms with Crippen LogP contribution in [-0.4, -0.2) is 24.0 Å². The lowest BCUT2D eigenvalue weighted by molar-refractivity contribution is 0.204. The fraction of sp³-hybridized carbons (Fsp3) is 0.909. The van der Waals surface area contributed by atoms with E-state index in [1.807, 2.05) is 20.9 Å². The second kappa shape index (κ2) is 5.24. The maximum absolute atomic E-state index is 8.88. The van der Waals surface area contributed by atoms with Crippen molar-refractivity contribution < 1.29 is 0 Å². The van der Waals surface area contributed by atoms with Gasteiger partial charge in [-0.25, -0.2) is 0 Å². The van der Waals surface area contributed by atoms with Crippen molar-refractivity contribution in [2.45, 2.75) is 46.1 Å². The summed E-state index contributed by atoms with van der Waals surface area (Å²) in [5.41, 5.74) is -0.322. The zero-order chi connectivity index (χ0) is 10.5. The van der Waals surface area contributed by atoms with Gasteiger partial charge in [0.05, 0.1) is 6.07 Å². The van der Waals surface area contributed by atoms with Gasteiger partial charge in [-0.3, -0.25) is 4.90 Å². The van der Waals surface area contributed by atoms with E-state index in [1.54, 1.807) is 0 Å². The van der Waals surface area contributed by atoms with Crippen LogP contribution < -0.4 is 0 Å². The molecule has 0 amide bonds. The van der Waals surface area contributed by atoms with Gasteiger partial charge >= 0.3 is 0 Å². The highest BCUT2D eigenvalue weighted by Gasteiger charge is 2.21. The molecule has 76 valence electrons. The lowest BCUT2D eigenvalue weighted by Gasteiger charge is -2.29. The van der Waals surface area contributed by atoms with E-state index in [0.717, 1.165) is 12.5 Å². The van der Waals surface area contributed by atoms with Crippen LogP contribution in [0, 0.1) is 17.2 Å².